The van der Waals surface area contributed by atoms with Gasteiger partial charge in [0.15, 0.2) is 0 Å². The Morgan fingerprint density at radius 2 is 0.952 bits per heavy atom. The molecule has 0 aliphatic heterocycles. The Kier molecular flexibility index (Phi) is 3.76. The van der Waals surface area contributed by atoms with Crippen LogP contribution in [0.2, 0.25) is 0 Å². The fourth-order valence-corrected chi connectivity index (χ4v) is 5.15. The maximum Gasteiger partial charge on any atom is 0.128 e. The first kappa shape index (κ1) is 13.8. The number of hydrogen-bond acceptors (Lipinski definition) is 0. The Bertz CT molecular complexity index is 712. The van der Waals surface area contributed by atoms with Gasteiger partial charge < -0.3 is 0 Å². The van der Waals surface area contributed by atoms with E-state index >= 15 is 0 Å². The van der Waals surface area contributed by atoms with Crippen molar-refractivity contribution in [1.29, 1.82) is 0 Å². The highest BCUT2D eigenvalue weighted by atomic mass is 32.2. The van der Waals surface area contributed by atoms with Crippen molar-refractivity contribution in [2.75, 3.05) is 0 Å². The van der Waals surface area contributed by atoms with E-state index in [0.717, 1.165) is 0 Å². The summed E-state index contributed by atoms with van der Waals surface area (Å²) in [6.07, 6.45) is 0. The summed E-state index contributed by atoms with van der Waals surface area (Å²) in [6, 6.07) is 30.1. The smallest absolute Gasteiger partial charge is 0.0619 e. The molecule has 3 aromatic carbocycles. The summed E-state index contributed by atoms with van der Waals surface area (Å²) >= 11 is 0. The molecule has 0 atom stereocenters. The molecule has 0 aromatic heterocycles. The summed E-state index contributed by atoms with van der Waals surface area (Å²) in [4.78, 5) is 3.88. The first-order valence-electron chi connectivity index (χ1n) is 7.04. The molecule has 0 aliphatic carbocycles. The van der Waals surface area contributed by atoms with Gasteiger partial charge in [-0.15, -0.1) is 0 Å². The molecule has 0 unspecified atom stereocenters. The van der Waals surface area contributed by atoms with Gasteiger partial charge in [0, 0.05) is 0 Å². The van der Waals surface area contributed by atoms with E-state index in [9.17, 15) is 0 Å². The Labute approximate surface area is 128 Å². The van der Waals surface area contributed by atoms with E-state index in [1.807, 2.05) is 0 Å². The van der Waals surface area contributed by atoms with Crippen LogP contribution in [0.25, 0.3) is 0 Å². The summed E-state index contributed by atoms with van der Waals surface area (Å²) < 4.78 is 0. The molecule has 104 valence electrons. The second-order valence-electron chi connectivity index (χ2n) is 5.18. The van der Waals surface area contributed by atoms with Crippen molar-refractivity contribution < 1.29 is 0 Å². The number of benzene rings is 3. The van der Waals surface area contributed by atoms with Crippen molar-refractivity contribution in [3.05, 3.63) is 90.5 Å². The standard InChI is InChI=1S/C20H19S/c1-17-13-15-20(16-14-17)21(2,18-9-5-3-6-10-18)19-11-7-4-8-12-19/h3-16H,2H2,1H3/q+1. The molecule has 0 fully saturated rings. The molecule has 1 heteroatoms. The third-order valence-electron chi connectivity index (χ3n) is 3.71. The molecular weight excluding hydrogens is 272 g/mol. The minimum absolute atomic E-state index is 1.28. The number of rotatable bonds is 3. The average molecular weight is 291 g/mol. The molecule has 0 aliphatic rings. The van der Waals surface area contributed by atoms with Gasteiger partial charge in [-0.05, 0) is 52.9 Å². The van der Waals surface area contributed by atoms with E-state index in [2.05, 4.69) is 91.9 Å². The van der Waals surface area contributed by atoms with Crippen LogP contribution in [0.5, 0.6) is 0 Å². The molecule has 0 amide bonds. The summed E-state index contributed by atoms with van der Waals surface area (Å²) in [5, 5.41) is 0. The van der Waals surface area contributed by atoms with E-state index in [-0.39, 0.29) is 0 Å². The van der Waals surface area contributed by atoms with Crippen LogP contribution in [0.3, 0.4) is 0 Å². The van der Waals surface area contributed by atoms with Crippen molar-refractivity contribution in [3.8, 4) is 0 Å². The zero-order valence-corrected chi connectivity index (χ0v) is 13.0. The highest BCUT2D eigenvalue weighted by Crippen LogP contribution is 2.35. The van der Waals surface area contributed by atoms with Gasteiger partial charge in [0.2, 0.25) is 0 Å². The van der Waals surface area contributed by atoms with Crippen LogP contribution < -0.4 is 0 Å². The Morgan fingerprint density at radius 1 is 0.571 bits per heavy atom. The van der Waals surface area contributed by atoms with Crippen LogP contribution in [0.1, 0.15) is 5.56 Å². The maximum atomic E-state index is 4.69. The third-order valence-corrected chi connectivity index (χ3v) is 6.95. The maximum absolute atomic E-state index is 4.69. The van der Waals surface area contributed by atoms with E-state index in [0.29, 0.717) is 0 Å². The third kappa shape index (κ3) is 2.57. The minimum Gasteiger partial charge on any atom is -0.0619 e. The predicted octanol–water partition coefficient (Wildman–Crippen LogP) is 5.06. The zero-order chi connectivity index (χ0) is 14.7. The highest BCUT2D eigenvalue weighted by Gasteiger charge is 2.28. The summed E-state index contributed by atoms with van der Waals surface area (Å²) in [7, 11) is -1.44. The summed E-state index contributed by atoms with van der Waals surface area (Å²) in [5.41, 5.74) is 1.28. The van der Waals surface area contributed by atoms with Gasteiger partial charge >= 0.3 is 0 Å². The first-order valence-corrected chi connectivity index (χ1v) is 8.85. The molecule has 3 rings (SSSR count). The molecule has 0 N–H and O–H groups in total. The Balaban J connectivity index is 2.26. The van der Waals surface area contributed by atoms with Crippen molar-refractivity contribution in [2.45, 2.75) is 21.6 Å². The quantitative estimate of drug-likeness (QED) is 0.467. The molecule has 21 heavy (non-hydrogen) atoms. The molecule has 0 bridgehead atoms. The van der Waals surface area contributed by atoms with Crippen LogP contribution in [0, 0.1) is 6.92 Å². The number of hydrogen-bond donors (Lipinski definition) is 0. The lowest BCUT2D eigenvalue weighted by atomic mass is 10.2. The average Bonchev–Trinajstić information content (AvgIpc) is 2.56. The normalized spacial score (nSPS) is 11.3. The van der Waals surface area contributed by atoms with Gasteiger partial charge in [-0.3, -0.25) is 0 Å². The van der Waals surface area contributed by atoms with Crippen LogP contribution >= 0.6 is 0 Å². The number of aryl methyl sites for hydroxylation is 1. The fourth-order valence-electron chi connectivity index (χ4n) is 2.48. The Morgan fingerprint density at radius 3 is 1.38 bits per heavy atom. The molecule has 0 nitrogen and oxygen atoms in total. The van der Waals surface area contributed by atoms with Crippen LogP contribution in [-0.4, -0.2) is 5.87 Å². The van der Waals surface area contributed by atoms with E-state index < -0.39 is 9.62 Å². The van der Waals surface area contributed by atoms with Gasteiger partial charge in [-0.2, -0.15) is 0 Å². The first-order chi connectivity index (χ1) is 10.2. The molecule has 0 saturated carbocycles. The lowest BCUT2D eigenvalue weighted by Gasteiger charge is -2.19. The highest BCUT2D eigenvalue weighted by molar-refractivity contribution is 8.11. The minimum atomic E-state index is -1.44. The fraction of sp³-hybridized carbons (Fsp3) is 0.0500. The van der Waals surface area contributed by atoms with Gasteiger partial charge in [-0.25, -0.2) is 0 Å². The Hall–Kier alpha value is -2.12. The lowest BCUT2D eigenvalue weighted by molar-refractivity contribution is 1.29. The van der Waals surface area contributed by atoms with Crippen LogP contribution in [0.15, 0.2) is 99.6 Å². The van der Waals surface area contributed by atoms with E-state index in [4.69, 9.17) is 5.87 Å². The molecule has 0 heterocycles. The monoisotopic (exact) mass is 291 g/mol. The lowest BCUT2D eigenvalue weighted by Crippen LogP contribution is -2.13. The molecular formula is C20H19S+. The second kappa shape index (κ2) is 5.71. The second-order valence-corrected chi connectivity index (χ2v) is 8.07. The van der Waals surface area contributed by atoms with Crippen molar-refractivity contribution in [3.63, 3.8) is 0 Å². The van der Waals surface area contributed by atoms with Crippen LogP contribution in [0.4, 0.5) is 0 Å². The molecule has 0 radical (unpaired) electrons. The molecule has 0 spiro atoms. The van der Waals surface area contributed by atoms with Gasteiger partial charge in [-0.1, -0.05) is 54.1 Å². The van der Waals surface area contributed by atoms with E-state index in [1.165, 1.54) is 20.2 Å². The molecule has 0 saturated heterocycles. The van der Waals surface area contributed by atoms with Crippen molar-refractivity contribution in [1.82, 2.24) is 0 Å². The summed E-state index contributed by atoms with van der Waals surface area (Å²) in [5.74, 6) is 4.69. The van der Waals surface area contributed by atoms with Crippen molar-refractivity contribution >= 4 is 15.5 Å². The van der Waals surface area contributed by atoms with Gasteiger partial charge in [0.05, 0.1) is 5.87 Å². The zero-order valence-electron chi connectivity index (χ0n) is 12.2. The van der Waals surface area contributed by atoms with Gasteiger partial charge in [0.25, 0.3) is 0 Å². The molecule has 3 aromatic rings. The van der Waals surface area contributed by atoms with Crippen molar-refractivity contribution in [2.24, 2.45) is 0 Å². The SMILES string of the molecule is C=[S+](c1ccccc1)(c1ccccc1)c1ccc(C)cc1. The van der Waals surface area contributed by atoms with Crippen LogP contribution in [-0.2, 0) is 9.62 Å². The van der Waals surface area contributed by atoms with E-state index in [1.54, 1.807) is 0 Å². The predicted molar refractivity (Wildman–Crippen MR) is 93.3 cm³/mol. The largest absolute Gasteiger partial charge is 0.128 e. The van der Waals surface area contributed by atoms with Gasteiger partial charge in [0.1, 0.15) is 14.7 Å². The summed E-state index contributed by atoms with van der Waals surface area (Å²) in [6.45, 7) is 2.12. The topological polar surface area (TPSA) is 0 Å².